The summed E-state index contributed by atoms with van der Waals surface area (Å²) in [6.07, 6.45) is 8.98. The summed E-state index contributed by atoms with van der Waals surface area (Å²) in [6.45, 7) is 5.58. The summed E-state index contributed by atoms with van der Waals surface area (Å²) in [6, 6.07) is 0.648. The van der Waals surface area contributed by atoms with E-state index in [-0.39, 0.29) is 6.10 Å². The van der Waals surface area contributed by atoms with Gasteiger partial charge in [0.15, 0.2) is 0 Å². The molecular formula is C14H27NO. The lowest BCUT2D eigenvalue weighted by molar-refractivity contribution is 0.143. The fraction of sp³-hybridized carbons (Fsp3) is 1.00. The first kappa shape index (κ1) is 12.4. The molecule has 2 aliphatic rings. The molecule has 2 saturated carbocycles. The van der Waals surface area contributed by atoms with Gasteiger partial charge in [-0.3, -0.25) is 0 Å². The van der Waals surface area contributed by atoms with E-state index in [0.717, 1.165) is 6.54 Å². The number of aliphatic hydroxyl groups is 1. The average Bonchev–Trinajstić information content (AvgIpc) is 3.02. The Morgan fingerprint density at radius 3 is 2.62 bits per heavy atom. The van der Waals surface area contributed by atoms with Gasteiger partial charge in [-0.05, 0) is 49.9 Å². The fourth-order valence-corrected chi connectivity index (χ4v) is 2.80. The number of rotatable bonds is 4. The van der Waals surface area contributed by atoms with Crippen LogP contribution in [-0.4, -0.2) is 23.8 Å². The Hall–Kier alpha value is -0.0800. The van der Waals surface area contributed by atoms with E-state index < -0.39 is 0 Å². The topological polar surface area (TPSA) is 32.3 Å². The van der Waals surface area contributed by atoms with Crippen LogP contribution in [0.3, 0.4) is 0 Å². The first-order valence-corrected chi connectivity index (χ1v) is 6.98. The molecule has 0 aromatic rings. The highest BCUT2D eigenvalue weighted by molar-refractivity contribution is 4.85. The van der Waals surface area contributed by atoms with E-state index in [1.54, 1.807) is 0 Å². The third-order valence-corrected chi connectivity index (χ3v) is 4.36. The van der Waals surface area contributed by atoms with Crippen LogP contribution < -0.4 is 5.32 Å². The smallest absolute Gasteiger partial charge is 0.0692 e. The molecule has 0 aromatic carbocycles. The van der Waals surface area contributed by atoms with Crippen LogP contribution in [0.5, 0.6) is 0 Å². The Morgan fingerprint density at radius 2 is 1.94 bits per heavy atom. The van der Waals surface area contributed by atoms with Gasteiger partial charge in [0.05, 0.1) is 6.10 Å². The Kier molecular flexibility index (Phi) is 3.91. The summed E-state index contributed by atoms with van der Waals surface area (Å²) < 4.78 is 0. The van der Waals surface area contributed by atoms with E-state index in [2.05, 4.69) is 19.2 Å². The molecule has 0 amide bonds. The maximum atomic E-state index is 9.83. The third-order valence-electron chi connectivity index (χ3n) is 4.36. The fourth-order valence-electron chi connectivity index (χ4n) is 2.80. The highest BCUT2D eigenvalue weighted by Crippen LogP contribution is 2.34. The molecule has 0 spiro atoms. The molecule has 2 fully saturated rings. The Balaban J connectivity index is 1.69. The molecule has 0 saturated heterocycles. The van der Waals surface area contributed by atoms with Crippen molar-refractivity contribution >= 4 is 0 Å². The van der Waals surface area contributed by atoms with Crippen molar-refractivity contribution in [2.45, 2.75) is 70.9 Å². The SMILES string of the molecule is CC1(C)CCCC(NCC(O)C2CC2)CC1. The van der Waals surface area contributed by atoms with Crippen molar-refractivity contribution in [3.63, 3.8) is 0 Å². The molecule has 0 aromatic heterocycles. The van der Waals surface area contributed by atoms with E-state index in [9.17, 15) is 5.11 Å². The number of nitrogens with one attached hydrogen (secondary N) is 1. The summed E-state index contributed by atoms with van der Waals surface area (Å²) >= 11 is 0. The predicted octanol–water partition coefficient (Wildman–Crippen LogP) is 2.71. The van der Waals surface area contributed by atoms with E-state index in [1.807, 2.05) is 0 Å². The molecule has 16 heavy (non-hydrogen) atoms. The molecule has 2 unspecified atom stereocenters. The Morgan fingerprint density at radius 1 is 1.19 bits per heavy atom. The van der Waals surface area contributed by atoms with Crippen molar-refractivity contribution in [1.29, 1.82) is 0 Å². The van der Waals surface area contributed by atoms with Crippen molar-refractivity contribution < 1.29 is 5.11 Å². The average molecular weight is 225 g/mol. The molecular weight excluding hydrogens is 198 g/mol. The van der Waals surface area contributed by atoms with Gasteiger partial charge in [-0.2, -0.15) is 0 Å². The minimum atomic E-state index is -0.0868. The quantitative estimate of drug-likeness (QED) is 0.721. The van der Waals surface area contributed by atoms with Gasteiger partial charge in [0.1, 0.15) is 0 Å². The van der Waals surface area contributed by atoms with Gasteiger partial charge in [-0.15, -0.1) is 0 Å². The molecule has 2 rings (SSSR count). The van der Waals surface area contributed by atoms with Crippen LogP contribution in [0.2, 0.25) is 0 Å². The van der Waals surface area contributed by atoms with Crippen molar-refractivity contribution in [1.82, 2.24) is 5.32 Å². The molecule has 2 nitrogen and oxygen atoms in total. The molecule has 2 heteroatoms. The zero-order chi connectivity index (χ0) is 11.6. The van der Waals surface area contributed by atoms with Crippen LogP contribution >= 0.6 is 0 Å². The first-order chi connectivity index (χ1) is 7.57. The normalized spacial score (nSPS) is 32.1. The van der Waals surface area contributed by atoms with Gasteiger partial charge >= 0.3 is 0 Å². The summed E-state index contributed by atoms with van der Waals surface area (Å²) in [5, 5.41) is 13.4. The third kappa shape index (κ3) is 3.74. The maximum absolute atomic E-state index is 9.83. The lowest BCUT2D eigenvalue weighted by Crippen LogP contribution is -2.36. The minimum Gasteiger partial charge on any atom is -0.392 e. The first-order valence-electron chi connectivity index (χ1n) is 6.98. The highest BCUT2D eigenvalue weighted by atomic mass is 16.3. The maximum Gasteiger partial charge on any atom is 0.0692 e. The minimum absolute atomic E-state index is 0.0868. The van der Waals surface area contributed by atoms with Crippen LogP contribution in [0.25, 0.3) is 0 Å². The number of hydrogen-bond acceptors (Lipinski definition) is 2. The second kappa shape index (κ2) is 5.05. The van der Waals surface area contributed by atoms with Gasteiger partial charge in [-0.25, -0.2) is 0 Å². The zero-order valence-electron chi connectivity index (χ0n) is 10.8. The largest absolute Gasteiger partial charge is 0.392 e. The van der Waals surface area contributed by atoms with Crippen molar-refractivity contribution in [2.24, 2.45) is 11.3 Å². The van der Waals surface area contributed by atoms with E-state index in [4.69, 9.17) is 0 Å². The molecule has 0 radical (unpaired) electrons. The standard InChI is InChI=1S/C14H27NO/c1-14(2)8-3-4-12(7-9-14)15-10-13(16)11-5-6-11/h11-13,15-16H,3-10H2,1-2H3. The lowest BCUT2D eigenvalue weighted by Gasteiger charge is -2.22. The number of hydrogen-bond donors (Lipinski definition) is 2. The van der Waals surface area contributed by atoms with Crippen LogP contribution in [0.4, 0.5) is 0 Å². The van der Waals surface area contributed by atoms with E-state index in [1.165, 1.54) is 44.9 Å². The lowest BCUT2D eigenvalue weighted by atomic mass is 9.85. The van der Waals surface area contributed by atoms with Gasteiger partial charge in [-0.1, -0.05) is 20.3 Å². The van der Waals surface area contributed by atoms with Crippen LogP contribution in [0, 0.1) is 11.3 Å². The van der Waals surface area contributed by atoms with Crippen molar-refractivity contribution in [2.75, 3.05) is 6.54 Å². The summed E-state index contributed by atoms with van der Waals surface area (Å²) in [5.74, 6) is 0.606. The second-order valence-electron chi connectivity index (χ2n) is 6.61. The second-order valence-corrected chi connectivity index (χ2v) is 6.61. The van der Waals surface area contributed by atoms with Crippen LogP contribution in [0.15, 0.2) is 0 Å². The van der Waals surface area contributed by atoms with Gasteiger partial charge in [0.2, 0.25) is 0 Å². The molecule has 0 aliphatic heterocycles. The molecule has 2 aliphatic carbocycles. The molecule has 0 heterocycles. The molecule has 0 bridgehead atoms. The van der Waals surface area contributed by atoms with E-state index >= 15 is 0 Å². The predicted molar refractivity (Wildman–Crippen MR) is 67.4 cm³/mol. The van der Waals surface area contributed by atoms with Gasteiger partial charge in [0.25, 0.3) is 0 Å². The zero-order valence-corrected chi connectivity index (χ0v) is 10.8. The van der Waals surface area contributed by atoms with Crippen LogP contribution in [0.1, 0.15) is 58.8 Å². The summed E-state index contributed by atoms with van der Waals surface area (Å²) in [7, 11) is 0. The van der Waals surface area contributed by atoms with Crippen LogP contribution in [-0.2, 0) is 0 Å². The van der Waals surface area contributed by atoms with Crippen molar-refractivity contribution in [3.8, 4) is 0 Å². The Bertz CT molecular complexity index is 223. The molecule has 2 N–H and O–H groups in total. The summed E-state index contributed by atoms with van der Waals surface area (Å²) in [5.41, 5.74) is 0.533. The van der Waals surface area contributed by atoms with E-state index in [0.29, 0.717) is 17.4 Å². The number of aliphatic hydroxyl groups excluding tert-OH is 1. The van der Waals surface area contributed by atoms with Gasteiger partial charge in [0, 0.05) is 12.6 Å². The van der Waals surface area contributed by atoms with Gasteiger partial charge < -0.3 is 10.4 Å². The Labute approximate surface area is 99.8 Å². The highest BCUT2D eigenvalue weighted by Gasteiger charge is 2.30. The van der Waals surface area contributed by atoms with Crippen molar-refractivity contribution in [3.05, 3.63) is 0 Å². The monoisotopic (exact) mass is 225 g/mol. The summed E-state index contributed by atoms with van der Waals surface area (Å²) in [4.78, 5) is 0. The molecule has 2 atom stereocenters. The molecule has 94 valence electrons.